The Balaban J connectivity index is 2.30. The monoisotopic (exact) mass is 142 g/mol. The van der Waals surface area contributed by atoms with Crippen molar-refractivity contribution >= 4 is 0 Å². The maximum absolute atomic E-state index is 8.57. The summed E-state index contributed by atoms with van der Waals surface area (Å²) in [5.74, 6) is 0.537. The average Bonchev–Trinajstić information content (AvgIpc) is 1.95. The fraction of sp³-hybridized carbons (Fsp3) is 0.750. The number of aliphatic hydroxyl groups is 1. The van der Waals surface area contributed by atoms with Gasteiger partial charge in [-0.1, -0.05) is 19.1 Å². The summed E-state index contributed by atoms with van der Waals surface area (Å²) in [6, 6.07) is 0. The van der Waals surface area contributed by atoms with Crippen LogP contribution in [-0.4, -0.2) is 24.4 Å². The minimum absolute atomic E-state index is 0.154. The highest BCUT2D eigenvalue weighted by Gasteiger charge is 2.11. The van der Waals surface area contributed by atoms with Gasteiger partial charge in [0.15, 0.2) is 0 Å². The number of ether oxygens (including phenoxy) is 1. The largest absolute Gasteiger partial charge is 0.396 e. The second-order valence-electron chi connectivity index (χ2n) is 2.75. The van der Waals surface area contributed by atoms with Gasteiger partial charge in [-0.15, -0.1) is 0 Å². The van der Waals surface area contributed by atoms with E-state index in [9.17, 15) is 0 Å². The number of hydrogen-bond acceptors (Lipinski definition) is 2. The SMILES string of the molecule is CC1C=CC(CCO)OC1. The summed E-state index contributed by atoms with van der Waals surface area (Å²) >= 11 is 0. The highest BCUT2D eigenvalue weighted by molar-refractivity contribution is 4.96. The Morgan fingerprint density at radius 3 is 2.90 bits per heavy atom. The van der Waals surface area contributed by atoms with E-state index >= 15 is 0 Å². The van der Waals surface area contributed by atoms with E-state index in [4.69, 9.17) is 9.84 Å². The van der Waals surface area contributed by atoms with Gasteiger partial charge in [-0.25, -0.2) is 0 Å². The predicted octanol–water partition coefficient (Wildman–Crippen LogP) is 0.960. The first-order chi connectivity index (χ1) is 4.83. The summed E-state index contributed by atoms with van der Waals surface area (Å²) in [6.07, 6.45) is 5.05. The molecule has 1 heterocycles. The molecule has 0 radical (unpaired) electrons. The van der Waals surface area contributed by atoms with Crippen LogP contribution in [0.15, 0.2) is 12.2 Å². The van der Waals surface area contributed by atoms with Crippen LogP contribution in [0.1, 0.15) is 13.3 Å². The molecule has 0 saturated carbocycles. The Morgan fingerprint density at radius 2 is 2.40 bits per heavy atom. The minimum atomic E-state index is 0.154. The van der Waals surface area contributed by atoms with Gasteiger partial charge in [-0.2, -0.15) is 0 Å². The highest BCUT2D eigenvalue weighted by atomic mass is 16.5. The smallest absolute Gasteiger partial charge is 0.0778 e. The number of rotatable bonds is 2. The predicted molar refractivity (Wildman–Crippen MR) is 39.7 cm³/mol. The molecule has 2 nitrogen and oxygen atoms in total. The van der Waals surface area contributed by atoms with Crippen molar-refractivity contribution in [3.8, 4) is 0 Å². The van der Waals surface area contributed by atoms with Crippen molar-refractivity contribution in [2.24, 2.45) is 5.92 Å². The Hall–Kier alpha value is -0.340. The van der Waals surface area contributed by atoms with Crippen LogP contribution in [-0.2, 0) is 4.74 Å². The van der Waals surface area contributed by atoms with Crippen molar-refractivity contribution in [2.45, 2.75) is 19.4 Å². The fourth-order valence-electron chi connectivity index (χ4n) is 1.01. The normalized spacial score (nSPS) is 32.6. The van der Waals surface area contributed by atoms with Gasteiger partial charge in [0.1, 0.15) is 0 Å². The van der Waals surface area contributed by atoms with Gasteiger partial charge in [0, 0.05) is 13.0 Å². The molecule has 1 N–H and O–H groups in total. The van der Waals surface area contributed by atoms with Crippen molar-refractivity contribution in [1.82, 2.24) is 0 Å². The average molecular weight is 142 g/mol. The van der Waals surface area contributed by atoms with Crippen LogP contribution in [0.2, 0.25) is 0 Å². The van der Waals surface area contributed by atoms with E-state index in [1.54, 1.807) is 0 Å². The Morgan fingerprint density at radius 1 is 1.60 bits per heavy atom. The molecule has 0 aromatic rings. The molecule has 2 heteroatoms. The van der Waals surface area contributed by atoms with E-state index in [0.29, 0.717) is 5.92 Å². The van der Waals surface area contributed by atoms with Crippen LogP contribution >= 0.6 is 0 Å². The topological polar surface area (TPSA) is 29.5 Å². The number of hydrogen-bond donors (Lipinski definition) is 1. The van der Waals surface area contributed by atoms with Crippen LogP contribution in [0.25, 0.3) is 0 Å². The van der Waals surface area contributed by atoms with Gasteiger partial charge >= 0.3 is 0 Å². The van der Waals surface area contributed by atoms with Gasteiger partial charge in [0.05, 0.1) is 12.7 Å². The summed E-state index contributed by atoms with van der Waals surface area (Å²) in [5.41, 5.74) is 0. The van der Waals surface area contributed by atoms with Crippen LogP contribution in [0, 0.1) is 5.92 Å². The quantitative estimate of drug-likeness (QED) is 0.582. The molecule has 0 fully saturated rings. The second-order valence-corrected chi connectivity index (χ2v) is 2.75. The van der Waals surface area contributed by atoms with Crippen molar-refractivity contribution in [3.63, 3.8) is 0 Å². The summed E-state index contributed by atoms with van der Waals surface area (Å²) in [5, 5.41) is 8.57. The maximum Gasteiger partial charge on any atom is 0.0778 e. The lowest BCUT2D eigenvalue weighted by Crippen LogP contribution is -2.20. The molecule has 0 aromatic carbocycles. The molecule has 1 aliphatic rings. The Labute approximate surface area is 61.5 Å². The Kier molecular flexibility index (Phi) is 2.90. The maximum atomic E-state index is 8.57. The van der Waals surface area contributed by atoms with E-state index in [1.807, 2.05) is 6.08 Å². The van der Waals surface area contributed by atoms with Gasteiger partial charge in [-0.05, 0) is 5.92 Å². The molecule has 0 aromatic heterocycles. The van der Waals surface area contributed by atoms with E-state index in [1.165, 1.54) is 0 Å². The van der Waals surface area contributed by atoms with E-state index in [2.05, 4.69) is 13.0 Å². The molecular weight excluding hydrogens is 128 g/mol. The summed E-state index contributed by atoms with van der Waals surface area (Å²) in [6.45, 7) is 3.12. The zero-order valence-electron chi connectivity index (χ0n) is 6.29. The lowest BCUT2D eigenvalue weighted by atomic mass is 10.1. The summed E-state index contributed by atoms with van der Waals surface area (Å²) in [7, 11) is 0. The summed E-state index contributed by atoms with van der Waals surface area (Å²) in [4.78, 5) is 0. The van der Waals surface area contributed by atoms with Crippen LogP contribution < -0.4 is 0 Å². The van der Waals surface area contributed by atoms with Crippen LogP contribution in [0.4, 0.5) is 0 Å². The molecule has 10 heavy (non-hydrogen) atoms. The molecular formula is C8H14O2. The third-order valence-corrected chi connectivity index (χ3v) is 1.64. The van der Waals surface area contributed by atoms with E-state index in [0.717, 1.165) is 13.0 Å². The zero-order valence-corrected chi connectivity index (χ0v) is 6.29. The molecule has 0 aliphatic carbocycles. The fourth-order valence-corrected chi connectivity index (χ4v) is 1.01. The zero-order chi connectivity index (χ0) is 7.40. The molecule has 0 amide bonds. The minimum Gasteiger partial charge on any atom is -0.396 e. The molecule has 0 bridgehead atoms. The third-order valence-electron chi connectivity index (χ3n) is 1.64. The first-order valence-corrected chi connectivity index (χ1v) is 3.73. The van der Waals surface area contributed by atoms with Gasteiger partial charge < -0.3 is 9.84 Å². The van der Waals surface area contributed by atoms with Crippen molar-refractivity contribution < 1.29 is 9.84 Å². The molecule has 2 unspecified atom stereocenters. The van der Waals surface area contributed by atoms with Gasteiger partial charge in [0.25, 0.3) is 0 Å². The van der Waals surface area contributed by atoms with Crippen molar-refractivity contribution in [2.75, 3.05) is 13.2 Å². The molecule has 1 aliphatic heterocycles. The van der Waals surface area contributed by atoms with Gasteiger partial charge in [-0.3, -0.25) is 0 Å². The lowest BCUT2D eigenvalue weighted by Gasteiger charge is -2.20. The first kappa shape index (κ1) is 7.76. The molecule has 2 atom stereocenters. The van der Waals surface area contributed by atoms with E-state index < -0.39 is 0 Å². The first-order valence-electron chi connectivity index (χ1n) is 3.73. The van der Waals surface area contributed by atoms with Crippen molar-refractivity contribution in [1.29, 1.82) is 0 Å². The van der Waals surface area contributed by atoms with E-state index in [-0.39, 0.29) is 12.7 Å². The Bertz CT molecular complexity index is 120. The van der Waals surface area contributed by atoms with Crippen LogP contribution in [0.5, 0.6) is 0 Å². The standard InChI is InChI=1S/C8H14O2/c1-7-2-3-8(4-5-9)10-6-7/h2-3,7-9H,4-6H2,1H3. The van der Waals surface area contributed by atoms with Crippen molar-refractivity contribution in [3.05, 3.63) is 12.2 Å². The molecule has 0 saturated heterocycles. The van der Waals surface area contributed by atoms with Gasteiger partial charge in [0.2, 0.25) is 0 Å². The highest BCUT2D eigenvalue weighted by Crippen LogP contribution is 2.11. The summed E-state index contributed by atoms with van der Waals surface area (Å²) < 4.78 is 5.38. The number of aliphatic hydroxyl groups excluding tert-OH is 1. The third kappa shape index (κ3) is 2.12. The molecule has 0 spiro atoms. The van der Waals surface area contributed by atoms with Crippen LogP contribution in [0.3, 0.4) is 0 Å². The molecule has 1 rings (SSSR count). The lowest BCUT2D eigenvalue weighted by molar-refractivity contribution is 0.0438. The second kappa shape index (κ2) is 3.74. The molecule has 58 valence electrons.